The number of hydrogen-bond donors (Lipinski definition) is 2. The van der Waals surface area contributed by atoms with E-state index in [0.717, 1.165) is 21.3 Å². The number of benzene rings is 1. The van der Waals surface area contributed by atoms with E-state index in [0.29, 0.717) is 22.5 Å². The summed E-state index contributed by atoms with van der Waals surface area (Å²) in [4.78, 5) is 34.8. The SMILES string of the molecule is Cc1cc2c(=O)[nH]c(Cc3c[nH]c4ccc([N+](=O)[O-])cc34)nc2s1. The van der Waals surface area contributed by atoms with Gasteiger partial charge in [-0.3, -0.25) is 14.9 Å². The summed E-state index contributed by atoms with van der Waals surface area (Å²) in [5, 5.41) is 12.3. The van der Waals surface area contributed by atoms with Gasteiger partial charge in [0.2, 0.25) is 0 Å². The summed E-state index contributed by atoms with van der Waals surface area (Å²) in [5.41, 5.74) is 1.54. The minimum Gasteiger partial charge on any atom is -0.361 e. The summed E-state index contributed by atoms with van der Waals surface area (Å²) in [6.45, 7) is 1.93. The van der Waals surface area contributed by atoms with Crippen LogP contribution in [0, 0.1) is 17.0 Å². The van der Waals surface area contributed by atoms with Crippen LogP contribution in [0.15, 0.2) is 35.3 Å². The first-order valence-electron chi connectivity index (χ1n) is 7.25. The van der Waals surface area contributed by atoms with Gasteiger partial charge >= 0.3 is 0 Å². The molecule has 7 nitrogen and oxygen atoms in total. The third-order valence-electron chi connectivity index (χ3n) is 3.89. The Kier molecular flexibility index (Phi) is 3.20. The van der Waals surface area contributed by atoms with Crippen molar-refractivity contribution in [3.05, 3.63) is 67.2 Å². The van der Waals surface area contributed by atoms with E-state index in [4.69, 9.17) is 0 Å². The first kappa shape index (κ1) is 14.6. The second kappa shape index (κ2) is 5.27. The number of nitrogens with one attached hydrogen (secondary N) is 2. The van der Waals surface area contributed by atoms with E-state index in [9.17, 15) is 14.9 Å². The number of hydrogen-bond acceptors (Lipinski definition) is 5. The van der Waals surface area contributed by atoms with E-state index < -0.39 is 4.92 Å². The van der Waals surface area contributed by atoms with Crippen molar-refractivity contribution in [2.24, 2.45) is 0 Å². The number of H-pyrrole nitrogens is 2. The maximum Gasteiger partial charge on any atom is 0.270 e. The molecule has 3 aromatic heterocycles. The first-order chi connectivity index (χ1) is 11.5. The normalized spacial score (nSPS) is 11.4. The molecule has 1 aromatic carbocycles. The van der Waals surface area contributed by atoms with Gasteiger partial charge in [0.05, 0.1) is 10.3 Å². The van der Waals surface area contributed by atoms with E-state index in [1.165, 1.54) is 23.5 Å². The third kappa shape index (κ3) is 2.37. The Balaban J connectivity index is 1.80. The topological polar surface area (TPSA) is 105 Å². The minimum absolute atomic E-state index is 0.0362. The van der Waals surface area contributed by atoms with Crippen LogP contribution in [0.3, 0.4) is 0 Å². The van der Waals surface area contributed by atoms with Crippen LogP contribution in [-0.4, -0.2) is 19.9 Å². The smallest absolute Gasteiger partial charge is 0.270 e. The van der Waals surface area contributed by atoms with Crippen LogP contribution in [-0.2, 0) is 6.42 Å². The summed E-state index contributed by atoms with van der Waals surface area (Å²) in [6.07, 6.45) is 2.18. The summed E-state index contributed by atoms with van der Waals surface area (Å²) < 4.78 is 0. The molecule has 24 heavy (non-hydrogen) atoms. The fraction of sp³-hybridized carbons (Fsp3) is 0.125. The molecule has 0 aliphatic carbocycles. The second-order valence-electron chi connectivity index (χ2n) is 5.57. The highest BCUT2D eigenvalue weighted by Crippen LogP contribution is 2.25. The third-order valence-corrected chi connectivity index (χ3v) is 4.84. The van der Waals surface area contributed by atoms with Gasteiger partial charge in [-0.1, -0.05) is 0 Å². The molecule has 0 aliphatic rings. The number of aryl methyl sites for hydroxylation is 1. The largest absolute Gasteiger partial charge is 0.361 e. The quantitative estimate of drug-likeness (QED) is 0.441. The highest BCUT2D eigenvalue weighted by atomic mass is 32.1. The number of thiophene rings is 1. The number of fused-ring (bicyclic) bond motifs is 2. The number of rotatable bonds is 3. The van der Waals surface area contributed by atoms with Crippen molar-refractivity contribution in [3.63, 3.8) is 0 Å². The van der Waals surface area contributed by atoms with E-state index in [1.54, 1.807) is 12.3 Å². The predicted octanol–water partition coefficient (Wildman–Crippen LogP) is 3.27. The standard InChI is InChI=1S/C16H12N4O3S/c1-8-4-12-15(21)18-14(19-16(12)24-8)5-9-7-17-13-3-2-10(20(22)23)6-11(9)13/h2-4,6-7,17H,5H2,1H3,(H,18,19,21). The lowest BCUT2D eigenvalue weighted by Crippen LogP contribution is -2.10. The summed E-state index contributed by atoms with van der Waals surface area (Å²) in [7, 11) is 0. The molecule has 4 rings (SSSR count). The molecule has 120 valence electrons. The zero-order chi connectivity index (χ0) is 16.8. The van der Waals surface area contributed by atoms with Crippen LogP contribution in [0.1, 0.15) is 16.3 Å². The zero-order valence-corrected chi connectivity index (χ0v) is 13.4. The van der Waals surface area contributed by atoms with Crippen LogP contribution in [0.4, 0.5) is 5.69 Å². The van der Waals surface area contributed by atoms with Crippen LogP contribution in [0.5, 0.6) is 0 Å². The molecule has 4 aromatic rings. The zero-order valence-electron chi connectivity index (χ0n) is 12.6. The monoisotopic (exact) mass is 340 g/mol. The van der Waals surface area contributed by atoms with Gasteiger partial charge in [-0.2, -0.15) is 0 Å². The van der Waals surface area contributed by atoms with Crippen LogP contribution in [0.2, 0.25) is 0 Å². The molecule has 0 saturated carbocycles. The molecule has 0 fully saturated rings. The number of non-ortho nitro benzene ring substituents is 1. The molecule has 0 aliphatic heterocycles. The first-order valence-corrected chi connectivity index (χ1v) is 8.06. The summed E-state index contributed by atoms with van der Waals surface area (Å²) >= 11 is 1.47. The van der Waals surface area contributed by atoms with E-state index >= 15 is 0 Å². The predicted molar refractivity (Wildman–Crippen MR) is 92.7 cm³/mol. The Morgan fingerprint density at radius 3 is 2.92 bits per heavy atom. The van der Waals surface area contributed by atoms with Gasteiger partial charge in [-0.25, -0.2) is 4.98 Å². The van der Waals surface area contributed by atoms with Crippen molar-refractivity contribution in [1.82, 2.24) is 15.0 Å². The molecule has 0 spiro atoms. The van der Waals surface area contributed by atoms with Gasteiger partial charge in [0.15, 0.2) is 0 Å². The number of nitro benzene ring substituents is 1. The fourth-order valence-electron chi connectivity index (χ4n) is 2.79. The minimum atomic E-state index is -0.420. The number of aromatic nitrogens is 3. The van der Waals surface area contributed by atoms with Gasteiger partial charge in [0.25, 0.3) is 11.2 Å². The lowest BCUT2D eigenvalue weighted by atomic mass is 10.1. The lowest BCUT2D eigenvalue weighted by Gasteiger charge is -2.00. The van der Waals surface area contributed by atoms with Gasteiger partial charge in [-0.05, 0) is 24.6 Å². The van der Waals surface area contributed by atoms with Gasteiger partial charge < -0.3 is 9.97 Å². The maximum absolute atomic E-state index is 12.2. The maximum atomic E-state index is 12.2. The van der Waals surface area contributed by atoms with Crippen LogP contribution < -0.4 is 5.56 Å². The average Bonchev–Trinajstić information content (AvgIpc) is 3.10. The Bertz CT molecular complexity index is 1160. The van der Waals surface area contributed by atoms with Crippen LogP contribution >= 0.6 is 11.3 Å². The number of nitrogens with zero attached hydrogens (tertiary/aromatic N) is 2. The molecule has 0 unspecified atom stereocenters. The van der Waals surface area contributed by atoms with Crippen molar-refractivity contribution in [2.75, 3.05) is 0 Å². The highest BCUT2D eigenvalue weighted by molar-refractivity contribution is 7.18. The van der Waals surface area contributed by atoms with Gasteiger partial charge in [0, 0.05) is 40.5 Å². The average molecular weight is 340 g/mol. The molecule has 8 heteroatoms. The van der Waals surface area contributed by atoms with Crippen LogP contribution in [0.25, 0.3) is 21.1 Å². The second-order valence-corrected chi connectivity index (χ2v) is 6.80. The Labute approximate surface area is 139 Å². The van der Waals surface area contributed by atoms with E-state index in [1.807, 2.05) is 13.0 Å². The van der Waals surface area contributed by atoms with Crippen molar-refractivity contribution >= 4 is 38.1 Å². The molecule has 0 amide bonds. The number of nitro groups is 1. The van der Waals surface area contributed by atoms with E-state index in [2.05, 4.69) is 15.0 Å². The summed E-state index contributed by atoms with van der Waals surface area (Å²) in [5.74, 6) is 0.543. The Morgan fingerprint density at radius 1 is 1.29 bits per heavy atom. The molecular formula is C16H12N4O3S. The Morgan fingerprint density at radius 2 is 2.12 bits per heavy atom. The van der Waals surface area contributed by atoms with Crippen molar-refractivity contribution < 1.29 is 4.92 Å². The molecule has 0 bridgehead atoms. The molecule has 0 saturated heterocycles. The summed E-state index contributed by atoms with van der Waals surface area (Å²) in [6, 6.07) is 6.50. The fourth-order valence-corrected chi connectivity index (χ4v) is 3.69. The van der Waals surface area contributed by atoms with Gasteiger partial charge in [0.1, 0.15) is 10.7 Å². The van der Waals surface area contributed by atoms with Crippen molar-refractivity contribution in [1.29, 1.82) is 0 Å². The molecule has 3 heterocycles. The lowest BCUT2D eigenvalue weighted by molar-refractivity contribution is -0.384. The molecule has 2 N–H and O–H groups in total. The van der Waals surface area contributed by atoms with Crippen molar-refractivity contribution in [2.45, 2.75) is 13.3 Å². The molecule has 0 atom stereocenters. The highest BCUT2D eigenvalue weighted by Gasteiger charge is 2.13. The number of aromatic amines is 2. The Hall–Kier alpha value is -3.00. The molecule has 0 radical (unpaired) electrons. The van der Waals surface area contributed by atoms with E-state index in [-0.39, 0.29) is 11.2 Å². The molecular weight excluding hydrogens is 328 g/mol. The van der Waals surface area contributed by atoms with Gasteiger partial charge in [-0.15, -0.1) is 11.3 Å². The van der Waals surface area contributed by atoms with Crippen molar-refractivity contribution in [3.8, 4) is 0 Å².